The molecule has 0 N–H and O–H groups in total. The second kappa shape index (κ2) is 7.63. The lowest BCUT2D eigenvalue weighted by atomic mass is 10.2. The predicted molar refractivity (Wildman–Crippen MR) is 89.6 cm³/mol. The lowest BCUT2D eigenvalue weighted by Crippen LogP contribution is -2.08. The van der Waals surface area contributed by atoms with E-state index in [1.165, 1.54) is 12.3 Å². The maximum absolute atomic E-state index is 12.1. The number of rotatable bonds is 7. The summed E-state index contributed by atoms with van der Waals surface area (Å²) >= 11 is 0.982. The zero-order chi connectivity index (χ0) is 17.6. The smallest absolute Gasteiger partial charge is 0.374 e. The number of hydrogen-bond acceptors (Lipinski definition) is 7. The quantitative estimate of drug-likeness (QED) is 0.357. The van der Waals surface area contributed by atoms with Crippen LogP contribution in [0.15, 0.2) is 58.5 Å². The lowest BCUT2D eigenvalue weighted by Gasteiger charge is -2.06. The summed E-state index contributed by atoms with van der Waals surface area (Å²) in [6.45, 7) is 0.0950. The normalized spacial score (nSPS) is 10.4. The van der Waals surface area contributed by atoms with Gasteiger partial charge >= 0.3 is 11.0 Å². The SMILES string of the molecule is O=C(OCc1csc([N+](=O)[O-])c1)c1occc1COc1ccccc1. The Balaban J connectivity index is 1.59. The minimum atomic E-state index is -0.648. The molecule has 0 bridgehead atoms. The molecule has 0 unspecified atom stereocenters. The number of carbonyl (C=O) groups excluding carboxylic acids is 1. The Labute approximate surface area is 146 Å². The van der Waals surface area contributed by atoms with Gasteiger partial charge in [0.2, 0.25) is 5.76 Å². The van der Waals surface area contributed by atoms with E-state index in [2.05, 4.69) is 0 Å². The molecule has 0 atom stereocenters. The monoisotopic (exact) mass is 359 g/mol. The number of nitrogens with zero attached hydrogens (tertiary/aromatic N) is 1. The number of nitro groups is 1. The molecule has 8 heteroatoms. The zero-order valence-corrected chi connectivity index (χ0v) is 13.7. The second-order valence-corrected chi connectivity index (χ2v) is 5.89. The Kier molecular flexibility index (Phi) is 5.10. The predicted octanol–water partition coefficient (Wildman–Crippen LogP) is 4.19. The minimum Gasteiger partial charge on any atom is -0.489 e. The van der Waals surface area contributed by atoms with Gasteiger partial charge in [0.15, 0.2) is 0 Å². The highest BCUT2D eigenvalue weighted by molar-refractivity contribution is 7.13. The molecule has 0 aliphatic carbocycles. The molecule has 0 aliphatic heterocycles. The van der Waals surface area contributed by atoms with Gasteiger partial charge in [0, 0.05) is 22.6 Å². The lowest BCUT2D eigenvalue weighted by molar-refractivity contribution is -0.380. The van der Waals surface area contributed by atoms with Gasteiger partial charge in [0.1, 0.15) is 19.0 Å². The van der Waals surface area contributed by atoms with Crippen LogP contribution in [-0.4, -0.2) is 10.9 Å². The maximum Gasteiger partial charge on any atom is 0.374 e. The Hall–Kier alpha value is -3.13. The van der Waals surface area contributed by atoms with E-state index in [-0.39, 0.29) is 24.0 Å². The maximum atomic E-state index is 12.1. The number of esters is 1. The van der Waals surface area contributed by atoms with E-state index >= 15 is 0 Å². The Morgan fingerprint density at radius 2 is 2.00 bits per heavy atom. The van der Waals surface area contributed by atoms with Crippen LogP contribution in [0, 0.1) is 10.1 Å². The summed E-state index contributed by atoms with van der Waals surface area (Å²) < 4.78 is 15.9. The summed E-state index contributed by atoms with van der Waals surface area (Å²) in [6.07, 6.45) is 1.38. The summed E-state index contributed by atoms with van der Waals surface area (Å²) in [7, 11) is 0. The van der Waals surface area contributed by atoms with Gasteiger partial charge in [-0.25, -0.2) is 4.79 Å². The molecule has 7 nitrogen and oxygen atoms in total. The molecular weight excluding hydrogens is 346 g/mol. The Morgan fingerprint density at radius 1 is 1.20 bits per heavy atom. The third-order valence-corrected chi connectivity index (χ3v) is 4.19. The first kappa shape index (κ1) is 16.7. The van der Waals surface area contributed by atoms with Crippen LogP contribution in [0.1, 0.15) is 21.7 Å². The Morgan fingerprint density at radius 3 is 2.72 bits per heavy atom. The van der Waals surface area contributed by atoms with E-state index in [0.717, 1.165) is 11.3 Å². The van der Waals surface area contributed by atoms with E-state index in [1.54, 1.807) is 11.4 Å². The van der Waals surface area contributed by atoms with Crippen LogP contribution < -0.4 is 4.74 Å². The second-order valence-electron chi connectivity index (χ2n) is 5.00. The van der Waals surface area contributed by atoms with Gasteiger partial charge in [-0.15, -0.1) is 0 Å². The molecule has 25 heavy (non-hydrogen) atoms. The van der Waals surface area contributed by atoms with Crippen molar-refractivity contribution in [3.63, 3.8) is 0 Å². The van der Waals surface area contributed by atoms with Crippen LogP contribution in [0.4, 0.5) is 5.00 Å². The van der Waals surface area contributed by atoms with Crippen molar-refractivity contribution >= 4 is 22.3 Å². The summed E-state index contributed by atoms with van der Waals surface area (Å²) in [5.41, 5.74) is 1.11. The molecular formula is C17H13NO6S. The number of furan rings is 1. The van der Waals surface area contributed by atoms with Gasteiger partial charge in [-0.05, 0) is 18.2 Å². The molecule has 0 saturated heterocycles. The van der Waals surface area contributed by atoms with Gasteiger partial charge < -0.3 is 13.9 Å². The van der Waals surface area contributed by atoms with Crippen LogP contribution in [-0.2, 0) is 18.0 Å². The first-order valence-electron chi connectivity index (χ1n) is 7.26. The van der Waals surface area contributed by atoms with Gasteiger partial charge in [0.25, 0.3) is 0 Å². The van der Waals surface area contributed by atoms with Gasteiger partial charge in [0.05, 0.1) is 11.2 Å². The summed E-state index contributed by atoms with van der Waals surface area (Å²) in [4.78, 5) is 22.3. The molecule has 1 aromatic carbocycles. The van der Waals surface area contributed by atoms with Crippen LogP contribution in [0.2, 0.25) is 0 Å². The van der Waals surface area contributed by atoms with Gasteiger partial charge in [-0.1, -0.05) is 29.5 Å². The first-order valence-corrected chi connectivity index (χ1v) is 8.14. The Bertz CT molecular complexity index is 870. The third-order valence-electron chi connectivity index (χ3n) is 3.26. The van der Waals surface area contributed by atoms with Crippen molar-refractivity contribution in [2.75, 3.05) is 0 Å². The zero-order valence-electron chi connectivity index (χ0n) is 12.9. The topological polar surface area (TPSA) is 91.8 Å². The molecule has 3 rings (SSSR count). The van der Waals surface area contributed by atoms with E-state index in [1.807, 2.05) is 30.3 Å². The summed E-state index contributed by atoms with van der Waals surface area (Å²) in [5, 5.41) is 12.2. The van der Waals surface area contributed by atoms with Crippen LogP contribution in [0.5, 0.6) is 5.75 Å². The number of carbonyl (C=O) groups is 1. The van der Waals surface area contributed by atoms with Crippen molar-refractivity contribution in [2.45, 2.75) is 13.2 Å². The highest BCUT2D eigenvalue weighted by Crippen LogP contribution is 2.23. The van der Waals surface area contributed by atoms with Gasteiger partial charge in [-0.2, -0.15) is 0 Å². The molecule has 0 amide bonds. The summed E-state index contributed by atoms with van der Waals surface area (Å²) in [5.74, 6) is 0.0831. The van der Waals surface area contributed by atoms with E-state index in [0.29, 0.717) is 16.9 Å². The van der Waals surface area contributed by atoms with E-state index in [4.69, 9.17) is 13.9 Å². The molecule has 3 aromatic rings. The van der Waals surface area contributed by atoms with Crippen molar-refractivity contribution in [3.05, 3.63) is 81.1 Å². The molecule has 0 spiro atoms. The van der Waals surface area contributed by atoms with Crippen molar-refractivity contribution < 1.29 is 23.6 Å². The standard InChI is InChI=1S/C17H13NO6S/c19-17(24-9-12-8-15(18(20)21)25-11-12)16-13(6-7-22-16)10-23-14-4-2-1-3-5-14/h1-8,11H,9-10H2. The summed E-state index contributed by atoms with van der Waals surface area (Å²) in [6, 6.07) is 12.2. The van der Waals surface area contributed by atoms with Crippen molar-refractivity contribution in [1.29, 1.82) is 0 Å². The minimum absolute atomic E-state index is 0.000924. The fourth-order valence-electron chi connectivity index (χ4n) is 2.05. The van der Waals surface area contributed by atoms with Crippen LogP contribution in [0.25, 0.3) is 0 Å². The van der Waals surface area contributed by atoms with Crippen molar-refractivity contribution in [1.82, 2.24) is 0 Å². The fourth-order valence-corrected chi connectivity index (χ4v) is 2.77. The van der Waals surface area contributed by atoms with Crippen molar-refractivity contribution in [3.8, 4) is 5.75 Å². The molecule has 0 radical (unpaired) electrons. The largest absolute Gasteiger partial charge is 0.489 e. The number of benzene rings is 1. The molecule has 0 saturated carbocycles. The number of hydrogen-bond donors (Lipinski definition) is 0. The molecule has 128 valence electrons. The highest BCUT2D eigenvalue weighted by Gasteiger charge is 2.18. The average Bonchev–Trinajstić information content (AvgIpc) is 3.28. The number of ether oxygens (including phenoxy) is 2. The molecule has 2 heterocycles. The van der Waals surface area contributed by atoms with Crippen LogP contribution >= 0.6 is 11.3 Å². The van der Waals surface area contributed by atoms with E-state index in [9.17, 15) is 14.9 Å². The third kappa shape index (κ3) is 4.24. The van der Waals surface area contributed by atoms with Crippen LogP contribution in [0.3, 0.4) is 0 Å². The molecule has 0 aliphatic rings. The molecule has 0 fully saturated rings. The van der Waals surface area contributed by atoms with Gasteiger partial charge in [-0.3, -0.25) is 10.1 Å². The number of para-hydroxylation sites is 1. The average molecular weight is 359 g/mol. The number of thiophene rings is 1. The van der Waals surface area contributed by atoms with Crippen molar-refractivity contribution in [2.24, 2.45) is 0 Å². The highest BCUT2D eigenvalue weighted by atomic mass is 32.1. The molecule has 2 aromatic heterocycles. The fraction of sp³-hybridized carbons (Fsp3) is 0.118. The first-order chi connectivity index (χ1) is 12.1. The van der Waals surface area contributed by atoms with E-state index < -0.39 is 10.9 Å².